The molecule has 8 nitrogen and oxygen atoms in total. The summed E-state index contributed by atoms with van der Waals surface area (Å²) in [6.45, 7) is 5.60. The topological polar surface area (TPSA) is 105 Å². The number of aromatic nitrogens is 1. The smallest absolute Gasteiger partial charge is 0.258 e. The van der Waals surface area contributed by atoms with E-state index in [1.54, 1.807) is 30.3 Å². The predicted molar refractivity (Wildman–Crippen MR) is 142 cm³/mol. The predicted octanol–water partition coefficient (Wildman–Crippen LogP) is 4.98. The SMILES string of the molecule is CCc1cc2[nH]c(=O)c(/C(=C/Nc3cccc(C(=O)N4CCC(N5CCCC5)C4)c3)N=N)cc2cc1F. The van der Waals surface area contributed by atoms with Crippen molar-refractivity contribution in [1.82, 2.24) is 14.8 Å². The van der Waals surface area contributed by atoms with E-state index < -0.39 is 5.56 Å². The van der Waals surface area contributed by atoms with Crippen molar-refractivity contribution in [2.24, 2.45) is 5.11 Å². The van der Waals surface area contributed by atoms with Crippen molar-refractivity contribution in [2.45, 2.75) is 38.6 Å². The maximum atomic E-state index is 14.3. The van der Waals surface area contributed by atoms with Crippen LogP contribution >= 0.6 is 0 Å². The van der Waals surface area contributed by atoms with E-state index in [-0.39, 0.29) is 23.0 Å². The summed E-state index contributed by atoms with van der Waals surface area (Å²) in [5, 5.41) is 7.09. The Morgan fingerprint density at radius 1 is 1.22 bits per heavy atom. The number of rotatable bonds is 7. The molecule has 5 rings (SSSR count). The number of halogens is 1. The summed E-state index contributed by atoms with van der Waals surface area (Å²) in [6, 6.07) is 12.1. The number of H-pyrrole nitrogens is 1. The molecule has 0 spiro atoms. The van der Waals surface area contributed by atoms with Crippen LogP contribution in [0.25, 0.3) is 16.6 Å². The van der Waals surface area contributed by atoms with Gasteiger partial charge in [-0.25, -0.2) is 9.92 Å². The molecule has 0 aliphatic carbocycles. The summed E-state index contributed by atoms with van der Waals surface area (Å²) in [4.78, 5) is 33.1. The number of likely N-dealkylation sites (tertiary alicyclic amines) is 2. The molecule has 2 aromatic carbocycles. The standard InChI is InChI=1S/C28H31FN6O2/c1-2-18-15-25-20(14-24(18)29)13-23(27(36)32-25)26(33-30)16-31-21-7-5-6-19(12-21)28(37)35-11-8-22(17-35)34-9-3-4-10-34/h5-7,12-16,22,30-31H,2-4,8-11,17H2,1H3,(H,32,36)/b26-16-,33-30?. The Hall–Kier alpha value is -3.85. The number of benzene rings is 2. The fourth-order valence-corrected chi connectivity index (χ4v) is 5.31. The first-order chi connectivity index (χ1) is 18.0. The van der Waals surface area contributed by atoms with Crippen LogP contribution in [0.2, 0.25) is 0 Å². The van der Waals surface area contributed by atoms with Crippen LogP contribution in [-0.2, 0) is 6.42 Å². The van der Waals surface area contributed by atoms with Gasteiger partial charge in [0.2, 0.25) is 0 Å². The third-order valence-electron chi connectivity index (χ3n) is 7.38. The van der Waals surface area contributed by atoms with Crippen molar-refractivity contribution in [2.75, 3.05) is 31.5 Å². The maximum absolute atomic E-state index is 14.3. The van der Waals surface area contributed by atoms with E-state index in [2.05, 4.69) is 20.3 Å². The van der Waals surface area contributed by atoms with Gasteiger partial charge in [-0.2, -0.15) is 5.11 Å². The summed E-state index contributed by atoms with van der Waals surface area (Å²) in [5.41, 5.74) is 9.70. The lowest BCUT2D eigenvalue weighted by molar-refractivity contribution is 0.0780. The first-order valence-electron chi connectivity index (χ1n) is 12.8. The van der Waals surface area contributed by atoms with Crippen LogP contribution in [0.4, 0.5) is 10.1 Å². The van der Waals surface area contributed by atoms with Gasteiger partial charge in [-0.1, -0.05) is 13.0 Å². The van der Waals surface area contributed by atoms with E-state index in [4.69, 9.17) is 5.53 Å². The molecule has 1 atom stereocenters. The molecule has 0 bridgehead atoms. The Balaban J connectivity index is 1.33. The van der Waals surface area contributed by atoms with Crippen LogP contribution in [0.1, 0.15) is 47.7 Å². The van der Waals surface area contributed by atoms with Gasteiger partial charge in [-0.05, 0) is 80.7 Å². The van der Waals surface area contributed by atoms with Crippen molar-refractivity contribution >= 4 is 28.2 Å². The van der Waals surface area contributed by atoms with Crippen LogP contribution in [0.5, 0.6) is 0 Å². The van der Waals surface area contributed by atoms with E-state index in [0.717, 1.165) is 32.6 Å². The summed E-state index contributed by atoms with van der Waals surface area (Å²) in [7, 11) is 0. The first-order valence-corrected chi connectivity index (χ1v) is 12.8. The Kier molecular flexibility index (Phi) is 7.14. The lowest BCUT2D eigenvalue weighted by Gasteiger charge is -2.23. The quantitative estimate of drug-likeness (QED) is 0.396. The van der Waals surface area contributed by atoms with Crippen molar-refractivity contribution in [1.29, 1.82) is 5.53 Å². The second kappa shape index (κ2) is 10.6. The van der Waals surface area contributed by atoms with E-state index in [9.17, 15) is 14.0 Å². The van der Waals surface area contributed by atoms with Crippen LogP contribution in [-0.4, -0.2) is 52.9 Å². The molecule has 9 heteroatoms. The second-order valence-corrected chi connectivity index (χ2v) is 9.70. The molecule has 3 aromatic rings. The summed E-state index contributed by atoms with van der Waals surface area (Å²) in [6.07, 6.45) is 5.44. The average Bonchev–Trinajstić information content (AvgIpc) is 3.61. The molecule has 1 aromatic heterocycles. The molecular weight excluding hydrogens is 471 g/mol. The van der Waals surface area contributed by atoms with Gasteiger partial charge in [0.15, 0.2) is 0 Å². The first kappa shape index (κ1) is 24.8. The third kappa shape index (κ3) is 5.17. The highest BCUT2D eigenvalue weighted by Crippen LogP contribution is 2.24. The molecule has 192 valence electrons. The summed E-state index contributed by atoms with van der Waals surface area (Å²) >= 11 is 0. The Labute approximate surface area is 214 Å². The van der Waals surface area contributed by atoms with E-state index >= 15 is 0 Å². The molecule has 0 radical (unpaired) electrons. The highest BCUT2D eigenvalue weighted by molar-refractivity contribution is 5.95. The van der Waals surface area contributed by atoms with Gasteiger partial charge < -0.3 is 15.2 Å². The molecule has 2 aliphatic rings. The van der Waals surface area contributed by atoms with Crippen LogP contribution in [0.3, 0.4) is 0 Å². The van der Waals surface area contributed by atoms with Crippen LogP contribution < -0.4 is 10.9 Å². The third-order valence-corrected chi connectivity index (χ3v) is 7.38. The number of hydrogen-bond acceptors (Lipinski definition) is 6. The number of carbonyl (C=O) groups is 1. The number of pyridine rings is 1. The van der Waals surface area contributed by atoms with Gasteiger partial charge in [0.05, 0.1) is 5.56 Å². The lowest BCUT2D eigenvalue weighted by atomic mass is 10.1. The largest absolute Gasteiger partial charge is 0.360 e. The summed E-state index contributed by atoms with van der Waals surface area (Å²) in [5.74, 6) is -0.343. The number of amides is 1. The van der Waals surface area contributed by atoms with Gasteiger partial charge in [0, 0.05) is 47.5 Å². The normalized spacial score (nSPS) is 18.5. The second-order valence-electron chi connectivity index (χ2n) is 9.70. The van der Waals surface area contributed by atoms with E-state index in [1.165, 1.54) is 31.2 Å². The van der Waals surface area contributed by atoms with Gasteiger partial charge in [-0.3, -0.25) is 14.5 Å². The fourth-order valence-electron chi connectivity index (χ4n) is 5.31. The Morgan fingerprint density at radius 2 is 2.03 bits per heavy atom. The Bertz CT molecular complexity index is 1430. The zero-order valence-electron chi connectivity index (χ0n) is 20.9. The maximum Gasteiger partial charge on any atom is 0.258 e. The van der Waals surface area contributed by atoms with Gasteiger partial charge >= 0.3 is 0 Å². The molecule has 0 saturated carbocycles. The van der Waals surface area contributed by atoms with Crippen molar-refractivity contribution in [3.05, 3.63) is 81.5 Å². The van der Waals surface area contributed by atoms with Gasteiger partial charge in [0.1, 0.15) is 11.5 Å². The minimum Gasteiger partial charge on any atom is -0.360 e. The minimum absolute atomic E-state index is 0.000761. The number of anilines is 1. The molecule has 3 N–H and O–H groups in total. The number of nitrogens with zero attached hydrogens (tertiary/aromatic N) is 3. The number of aryl methyl sites for hydroxylation is 1. The minimum atomic E-state index is -0.421. The summed E-state index contributed by atoms with van der Waals surface area (Å²) < 4.78 is 14.3. The average molecular weight is 503 g/mol. The molecule has 37 heavy (non-hydrogen) atoms. The van der Waals surface area contributed by atoms with Crippen molar-refractivity contribution in [3.63, 3.8) is 0 Å². The zero-order chi connectivity index (χ0) is 25.9. The zero-order valence-corrected chi connectivity index (χ0v) is 20.9. The van der Waals surface area contributed by atoms with Crippen LogP contribution in [0, 0.1) is 11.3 Å². The number of hydrogen-bond donors (Lipinski definition) is 3. The molecule has 2 aliphatic heterocycles. The highest BCUT2D eigenvalue weighted by Gasteiger charge is 2.31. The molecule has 1 amide bonds. The van der Waals surface area contributed by atoms with E-state index in [1.807, 2.05) is 11.8 Å². The van der Waals surface area contributed by atoms with Crippen molar-refractivity contribution in [3.8, 4) is 0 Å². The van der Waals surface area contributed by atoms with Crippen LogP contribution in [0.15, 0.2) is 58.6 Å². The van der Waals surface area contributed by atoms with Gasteiger partial charge in [-0.15, -0.1) is 0 Å². The number of nitrogens with one attached hydrogen (secondary N) is 3. The monoisotopic (exact) mass is 502 g/mol. The molecule has 3 heterocycles. The highest BCUT2D eigenvalue weighted by atomic mass is 19.1. The van der Waals surface area contributed by atoms with E-state index in [0.29, 0.717) is 40.2 Å². The fraction of sp³-hybridized carbons (Fsp3) is 0.357. The molecule has 2 fully saturated rings. The Morgan fingerprint density at radius 3 is 2.78 bits per heavy atom. The number of carbonyl (C=O) groups excluding carboxylic acids is 1. The molecule has 2 saturated heterocycles. The number of fused-ring (bicyclic) bond motifs is 1. The molecule has 1 unspecified atom stereocenters. The number of aromatic amines is 1. The van der Waals surface area contributed by atoms with Gasteiger partial charge in [0.25, 0.3) is 11.5 Å². The molecular formula is C28H31FN6O2. The van der Waals surface area contributed by atoms with Crippen molar-refractivity contribution < 1.29 is 9.18 Å². The lowest BCUT2D eigenvalue weighted by Crippen LogP contribution is -2.37.